The Balaban J connectivity index is 1.39. The Hall–Kier alpha value is -3.65. The number of rotatable bonds is 6. The summed E-state index contributed by atoms with van der Waals surface area (Å²) in [4.78, 5) is 25.8. The predicted molar refractivity (Wildman–Crippen MR) is 145 cm³/mol. The minimum Gasteiger partial charge on any atom is -0.444 e. The van der Waals surface area contributed by atoms with Crippen molar-refractivity contribution in [3.05, 3.63) is 66.0 Å². The van der Waals surface area contributed by atoms with Crippen LogP contribution in [0.25, 0.3) is 11.1 Å². The van der Waals surface area contributed by atoms with Gasteiger partial charge in [0, 0.05) is 38.9 Å². The highest BCUT2D eigenvalue weighted by Crippen LogP contribution is 2.26. The van der Waals surface area contributed by atoms with Crippen LogP contribution < -0.4 is 15.5 Å². The van der Waals surface area contributed by atoms with Crippen molar-refractivity contribution in [3.8, 4) is 11.1 Å². The Morgan fingerprint density at radius 1 is 0.972 bits per heavy atom. The molecule has 0 unspecified atom stereocenters. The number of carbonyl (C=O) groups is 1. The second-order valence-electron chi connectivity index (χ2n) is 10.2. The minimum atomic E-state index is -0.516. The Labute approximate surface area is 213 Å². The van der Waals surface area contributed by atoms with Crippen LogP contribution in [0, 0.1) is 6.92 Å². The number of hydrogen-bond acceptors (Lipinski definition) is 7. The third kappa shape index (κ3) is 6.95. The van der Waals surface area contributed by atoms with Crippen LogP contribution in [-0.4, -0.2) is 59.8 Å². The number of piperazine rings is 1. The zero-order chi connectivity index (χ0) is 25.7. The van der Waals surface area contributed by atoms with E-state index >= 15 is 0 Å². The maximum Gasteiger partial charge on any atom is 0.407 e. The monoisotopic (exact) mass is 488 g/mol. The molecule has 4 rings (SSSR count). The molecule has 1 aliphatic rings. The molecule has 2 aromatic heterocycles. The number of nitrogens with zero attached hydrogens (tertiary/aromatic N) is 4. The highest BCUT2D eigenvalue weighted by Gasteiger charge is 2.16. The highest BCUT2D eigenvalue weighted by atomic mass is 16.6. The Bertz CT molecular complexity index is 1180. The van der Waals surface area contributed by atoms with Crippen LogP contribution >= 0.6 is 0 Å². The van der Waals surface area contributed by atoms with Gasteiger partial charge in [0.2, 0.25) is 0 Å². The molecule has 1 amide bonds. The molecule has 190 valence electrons. The summed E-state index contributed by atoms with van der Waals surface area (Å²) in [6.45, 7) is 12.2. The van der Waals surface area contributed by atoms with Crippen molar-refractivity contribution in [2.24, 2.45) is 0 Å². The third-order valence-electron chi connectivity index (χ3n) is 6.13. The predicted octanol–water partition coefficient (Wildman–Crippen LogP) is 4.97. The van der Waals surface area contributed by atoms with Gasteiger partial charge in [0.25, 0.3) is 0 Å². The molecule has 0 atom stereocenters. The van der Waals surface area contributed by atoms with Crippen molar-refractivity contribution in [1.82, 2.24) is 20.2 Å². The summed E-state index contributed by atoms with van der Waals surface area (Å²) in [5.41, 5.74) is 4.90. The van der Waals surface area contributed by atoms with Crippen LogP contribution in [0.2, 0.25) is 0 Å². The molecule has 0 spiro atoms. The first-order valence-corrected chi connectivity index (χ1v) is 12.4. The zero-order valence-corrected chi connectivity index (χ0v) is 21.8. The average molecular weight is 489 g/mol. The highest BCUT2D eigenvalue weighted by molar-refractivity contribution is 5.70. The number of ether oxygens (including phenoxy) is 1. The molecule has 1 fully saturated rings. The topological polar surface area (TPSA) is 82.6 Å². The van der Waals surface area contributed by atoms with E-state index in [1.807, 2.05) is 58.2 Å². The molecule has 0 bridgehead atoms. The van der Waals surface area contributed by atoms with E-state index in [-0.39, 0.29) is 0 Å². The van der Waals surface area contributed by atoms with E-state index in [2.05, 4.69) is 55.6 Å². The van der Waals surface area contributed by atoms with E-state index in [0.717, 1.165) is 65.8 Å². The minimum absolute atomic E-state index is 0.416. The van der Waals surface area contributed by atoms with Gasteiger partial charge in [-0.15, -0.1) is 0 Å². The number of alkyl carbamates (subject to hydrolysis) is 1. The maximum atomic E-state index is 12.0. The van der Waals surface area contributed by atoms with Crippen molar-refractivity contribution in [2.45, 2.75) is 39.8 Å². The molecular weight excluding hydrogens is 452 g/mol. The number of carbonyl (C=O) groups excluding carboxylic acids is 1. The molecule has 0 radical (unpaired) electrons. The third-order valence-corrected chi connectivity index (χ3v) is 6.13. The van der Waals surface area contributed by atoms with Crippen LogP contribution in [0.5, 0.6) is 0 Å². The second kappa shape index (κ2) is 11.0. The molecule has 8 heteroatoms. The van der Waals surface area contributed by atoms with E-state index in [1.165, 1.54) is 0 Å². The molecule has 0 saturated carbocycles. The van der Waals surface area contributed by atoms with Crippen molar-refractivity contribution < 1.29 is 9.53 Å². The van der Waals surface area contributed by atoms with E-state index in [1.54, 1.807) is 6.20 Å². The van der Waals surface area contributed by atoms with E-state index < -0.39 is 11.7 Å². The summed E-state index contributed by atoms with van der Waals surface area (Å²) < 4.78 is 5.32. The Kier molecular flexibility index (Phi) is 7.74. The first-order chi connectivity index (χ1) is 17.2. The average Bonchev–Trinajstić information content (AvgIpc) is 2.83. The number of aromatic nitrogens is 2. The van der Waals surface area contributed by atoms with Crippen LogP contribution in [0.3, 0.4) is 0 Å². The quantitative estimate of drug-likeness (QED) is 0.507. The lowest BCUT2D eigenvalue weighted by Crippen LogP contribution is -2.44. The fourth-order valence-electron chi connectivity index (χ4n) is 4.08. The molecule has 1 saturated heterocycles. The molecular formula is C28H36N6O2. The van der Waals surface area contributed by atoms with Gasteiger partial charge in [-0.05, 0) is 81.3 Å². The van der Waals surface area contributed by atoms with Crippen molar-refractivity contribution in [3.63, 3.8) is 0 Å². The van der Waals surface area contributed by atoms with Crippen LogP contribution in [0.15, 0.2) is 54.9 Å². The summed E-state index contributed by atoms with van der Waals surface area (Å²) in [5, 5.41) is 6.14. The fourth-order valence-corrected chi connectivity index (χ4v) is 4.08. The standard InChI is InChI=1S/C28H36N6O2/c1-20-16-21(6-7-23(20)18-31-27(35)36-28(2,3)4)22-10-11-29-26(17-22)32-25-9-8-24(19-30-25)34-14-12-33(5)13-15-34/h6-11,16-17,19H,12-15,18H2,1-5H3,(H,31,35)(H,29,30,32). The number of amides is 1. The van der Waals surface area contributed by atoms with Crippen LogP contribution in [0.1, 0.15) is 31.9 Å². The van der Waals surface area contributed by atoms with Gasteiger partial charge in [0.05, 0.1) is 11.9 Å². The van der Waals surface area contributed by atoms with Gasteiger partial charge in [0.1, 0.15) is 17.2 Å². The Morgan fingerprint density at radius 2 is 1.72 bits per heavy atom. The number of anilines is 3. The molecule has 1 aromatic carbocycles. The largest absolute Gasteiger partial charge is 0.444 e. The summed E-state index contributed by atoms with van der Waals surface area (Å²) in [5.74, 6) is 1.50. The number of likely N-dealkylation sites (N-methyl/N-ethyl adjacent to an activating group) is 1. The van der Waals surface area contributed by atoms with Crippen molar-refractivity contribution >= 4 is 23.4 Å². The smallest absolute Gasteiger partial charge is 0.407 e. The lowest BCUT2D eigenvalue weighted by atomic mass is 10.0. The fraction of sp³-hybridized carbons (Fsp3) is 0.393. The lowest BCUT2D eigenvalue weighted by molar-refractivity contribution is 0.0523. The van der Waals surface area contributed by atoms with Gasteiger partial charge in [0.15, 0.2) is 0 Å². The number of benzene rings is 1. The molecule has 3 heterocycles. The van der Waals surface area contributed by atoms with Crippen molar-refractivity contribution in [2.75, 3.05) is 43.4 Å². The van der Waals surface area contributed by atoms with Gasteiger partial charge in [-0.25, -0.2) is 14.8 Å². The molecule has 2 N–H and O–H groups in total. The maximum absolute atomic E-state index is 12.0. The molecule has 0 aliphatic carbocycles. The summed E-state index contributed by atoms with van der Waals surface area (Å²) >= 11 is 0. The van der Waals surface area contributed by atoms with Gasteiger partial charge in [-0.1, -0.05) is 18.2 Å². The number of hydrogen-bond donors (Lipinski definition) is 2. The van der Waals surface area contributed by atoms with Crippen molar-refractivity contribution in [1.29, 1.82) is 0 Å². The summed E-state index contributed by atoms with van der Waals surface area (Å²) in [6.07, 6.45) is 3.30. The molecule has 8 nitrogen and oxygen atoms in total. The Morgan fingerprint density at radius 3 is 2.39 bits per heavy atom. The van der Waals surface area contributed by atoms with Gasteiger partial charge < -0.3 is 25.2 Å². The second-order valence-corrected chi connectivity index (χ2v) is 10.2. The SMILES string of the molecule is Cc1cc(-c2ccnc(Nc3ccc(N4CCN(C)CC4)cn3)c2)ccc1CNC(=O)OC(C)(C)C. The van der Waals surface area contributed by atoms with E-state index in [9.17, 15) is 4.79 Å². The van der Waals surface area contributed by atoms with Crippen LogP contribution in [0.4, 0.5) is 22.1 Å². The zero-order valence-electron chi connectivity index (χ0n) is 21.8. The number of aryl methyl sites for hydroxylation is 1. The molecule has 1 aliphatic heterocycles. The summed E-state index contributed by atoms with van der Waals surface area (Å²) in [7, 11) is 2.16. The van der Waals surface area contributed by atoms with Gasteiger partial charge >= 0.3 is 6.09 Å². The lowest BCUT2D eigenvalue weighted by Gasteiger charge is -2.33. The number of nitrogens with one attached hydrogen (secondary N) is 2. The van der Waals surface area contributed by atoms with E-state index in [4.69, 9.17) is 4.74 Å². The van der Waals surface area contributed by atoms with Gasteiger partial charge in [-0.3, -0.25) is 0 Å². The first kappa shape index (κ1) is 25.4. The number of pyridine rings is 2. The molecule has 3 aromatic rings. The van der Waals surface area contributed by atoms with Gasteiger partial charge in [-0.2, -0.15) is 0 Å². The molecule has 36 heavy (non-hydrogen) atoms. The van der Waals surface area contributed by atoms with Crippen LogP contribution in [-0.2, 0) is 11.3 Å². The summed E-state index contributed by atoms with van der Waals surface area (Å²) in [6, 6.07) is 14.3. The van der Waals surface area contributed by atoms with E-state index in [0.29, 0.717) is 6.54 Å². The normalized spacial score (nSPS) is 14.4. The first-order valence-electron chi connectivity index (χ1n) is 12.4.